The number of hydrogen-bond donors (Lipinski definition) is 3. The van der Waals surface area contributed by atoms with Crippen LogP contribution in [0.15, 0.2) is 29.2 Å². The van der Waals surface area contributed by atoms with E-state index >= 15 is 0 Å². The van der Waals surface area contributed by atoms with Gasteiger partial charge in [0.1, 0.15) is 0 Å². The van der Waals surface area contributed by atoms with Crippen LogP contribution in [-0.4, -0.2) is 29.5 Å². The monoisotopic (exact) mass is 290 g/mol. The van der Waals surface area contributed by atoms with Gasteiger partial charge < -0.3 is 15.7 Å². The number of nitrogens with one attached hydrogen (secondary N) is 2. The molecule has 1 aromatic carbocycles. The maximum absolute atomic E-state index is 12.4. The fraction of sp³-hybridized carbons (Fsp3) is 0.417. The fourth-order valence-corrected chi connectivity index (χ4v) is 1.98. The Morgan fingerprint density at radius 1 is 1.42 bits per heavy atom. The first-order valence-corrected chi connectivity index (χ1v) is 6.67. The van der Waals surface area contributed by atoms with Crippen molar-refractivity contribution < 1.29 is 18.7 Å². The second kappa shape index (κ2) is 7.96. The quantitative estimate of drug-likeness (QED) is 0.706. The third-order valence-electron chi connectivity index (χ3n) is 2.40. The molecule has 1 unspecified atom stereocenters. The van der Waals surface area contributed by atoms with Gasteiger partial charge in [-0.25, -0.2) is 4.79 Å². The standard InChI is InChI=1S/C12H16F2N2O2S/c1-2-8(7-17)15-12(18)16-9-5-3-4-6-10(9)19-11(13)14/h3-6,8,11,17H,2,7H2,1H3,(H2,15,16,18). The van der Waals surface area contributed by atoms with Gasteiger partial charge in [-0.15, -0.1) is 0 Å². The van der Waals surface area contributed by atoms with Gasteiger partial charge in [0.15, 0.2) is 0 Å². The zero-order chi connectivity index (χ0) is 14.3. The summed E-state index contributed by atoms with van der Waals surface area (Å²) in [6.07, 6.45) is 0.581. The van der Waals surface area contributed by atoms with Crippen LogP contribution in [0.1, 0.15) is 13.3 Å². The van der Waals surface area contributed by atoms with Gasteiger partial charge in [-0.3, -0.25) is 0 Å². The molecule has 1 aromatic rings. The van der Waals surface area contributed by atoms with E-state index in [1.165, 1.54) is 6.07 Å². The predicted octanol–water partition coefficient (Wildman–Crippen LogP) is 2.89. The van der Waals surface area contributed by atoms with Crippen LogP contribution in [-0.2, 0) is 0 Å². The van der Waals surface area contributed by atoms with E-state index in [0.29, 0.717) is 28.8 Å². The molecule has 4 nitrogen and oxygen atoms in total. The maximum atomic E-state index is 12.4. The molecule has 7 heteroatoms. The lowest BCUT2D eigenvalue weighted by atomic mass is 10.2. The summed E-state index contributed by atoms with van der Waals surface area (Å²) in [7, 11) is 0. The Hall–Kier alpha value is -1.34. The molecule has 2 amide bonds. The second-order valence-corrected chi connectivity index (χ2v) is 4.79. The van der Waals surface area contributed by atoms with E-state index in [-0.39, 0.29) is 12.6 Å². The summed E-state index contributed by atoms with van der Waals surface area (Å²) in [6, 6.07) is 5.45. The van der Waals surface area contributed by atoms with Gasteiger partial charge in [0.2, 0.25) is 0 Å². The molecular formula is C12H16F2N2O2S. The summed E-state index contributed by atoms with van der Waals surface area (Å²) in [5.74, 6) is -2.55. The minimum atomic E-state index is -2.55. The number of benzene rings is 1. The van der Waals surface area contributed by atoms with Crippen LogP contribution >= 0.6 is 11.8 Å². The molecule has 0 radical (unpaired) electrons. The van der Waals surface area contributed by atoms with Gasteiger partial charge in [0.25, 0.3) is 5.76 Å². The smallest absolute Gasteiger partial charge is 0.319 e. The highest BCUT2D eigenvalue weighted by molar-refractivity contribution is 7.99. The first-order valence-electron chi connectivity index (χ1n) is 5.79. The molecule has 0 aliphatic rings. The Bertz CT molecular complexity index is 414. The number of amides is 2. The predicted molar refractivity (Wildman–Crippen MR) is 71.6 cm³/mol. The lowest BCUT2D eigenvalue weighted by molar-refractivity contribution is 0.222. The first-order chi connectivity index (χ1) is 9.06. The molecule has 0 aromatic heterocycles. The Balaban J connectivity index is 2.68. The van der Waals surface area contributed by atoms with Crippen molar-refractivity contribution >= 4 is 23.5 Å². The van der Waals surface area contributed by atoms with Crippen molar-refractivity contribution in [1.82, 2.24) is 5.32 Å². The van der Waals surface area contributed by atoms with Crippen molar-refractivity contribution in [1.29, 1.82) is 0 Å². The van der Waals surface area contributed by atoms with E-state index < -0.39 is 11.8 Å². The SMILES string of the molecule is CCC(CO)NC(=O)Nc1ccccc1SC(F)F. The number of para-hydroxylation sites is 1. The molecule has 0 saturated carbocycles. The van der Waals surface area contributed by atoms with Crippen LogP contribution < -0.4 is 10.6 Å². The van der Waals surface area contributed by atoms with Crippen molar-refractivity contribution in [3.8, 4) is 0 Å². The highest BCUT2D eigenvalue weighted by Gasteiger charge is 2.13. The highest BCUT2D eigenvalue weighted by atomic mass is 32.2. The zero-order valence-corrected chi connectivity index (χ0v) is 11.2. The third kappa shape index (κ3) is 5.44. The number of aliphatic hydroxyl groups excluding tert-OH is 1. The van der Waals surface area contributed by atoms with E-state index in [2.05, 4.69) is 10.6 Å². The van der Waals surface area contributed by atoms with Gasteiger partial charge in [-0.1, -0.05) is 30.8 Å². The van der Waals surface area contributed by atoms with Crippen LogP contribution in [0.25, 0.3) is 0 Å². The number of aliphatic hydroxyl groups is 1. The van der Waals surface area contributed by atoms with E-state index in [1.807, 2.05) is 6.92 Å². The molecule has 0 aliphatic heterocycles. The molecule has 0 heterocycles. The van der Waals surface area contributed by atoms with Crippen LogP contribution in [0.5, 0.6) is 0 Å². The van der Waals surface area contributed by atoms with Crippen molar-refractivity contribution in [3.63, 3.8) is 0 Å². The minimum absolute atomic E-state index is 0.169. The maximum Gasteiger partial charge on any atom is 0.319 e. The fourth-order valence-electron chi connectivity index (χ4n) is 1.39. The first kappa shape index (κ1) is 15.7. The number of carbonyl (C=O) groups is 1. The number of thioether (sulfide) groups is 1. The number of anilines is 1. The van der Waals surface area contributed by atoms with Crippen molar-refractivity contribution in [3.05, 3.63) is 24.3 Å². The number of hydrogen-bond acceptors (Lipinski definition) is 3. The molecule has 19 heavy (non-hydrogen) atoms. The van der Waals surface area contributed by atoms with Crippen LogP contribution in [0.3, 0.4) is 0 Å². The normalized spacial score (nSPS) is 12.3. The Morgan fingerprint density at radius 3 is 2.68 bits per heavy atom. The lowest BCUT2D eigenvalue weighted by Crippen LogP contribution is -2.39. The number of urea groups is 1. The van der Waals surface area contributed by atoms with E-state index in [4.69, 9.17) is 5.11 Å². The van der Waals surface area contributed by atoms with Crippen LogP contribution in [0, 0.1) is 0 Å². The molecule has 0 spiro atoms. The van der Waals surface area contributed by atoms with Gasteiger partial charge in [0.05, 0.1) is 18.3 Å². The molecule has 1 atom stereocenters. The van der Waals surface area contributed by atoms with Crippen LogP contribution in [0.4, 0.5) is 19.3 Å². The molecule has 0 fully saturated rings. The van der Waals surface area contributed by atoms with Crippen molar-refractivity contribution in [2.75, 3.05) is 11.9 Å². The summed E-state index contributed by atoms with van der Waals surface area (Å²) in [5.41, 5.74) is 0.318. The summed E-state index contributed by atoms with van der Waals surface area (Å²) in [4.78, 5) is 11.9. The van der Waals surface area contributed by atoms with E-state index in [0.717, 1.165) is 0 Å². The second-order valence-electron chi connectivity index (χ2n) is 3.76. The summed E-state index contributed by atoms with van der Waals surface area (Å²) < 4.78 is 24.7. The topological polar surface area (TPSA) is 61.4 Å². The van der Waals surface area contributed by atoms with Crippen molar-refractivity contribution in [2.45, 2.75) is 30.0 Å². The van der Waals surface area contributed by atoms with Gasteiger partial charge >= 0.3 is 6.03 Å². The molecular weight excluding hydrogens is 274 g/mol. The van der Waals surface area contributed by atoms with Gasteiger partial charge in [0, 0.05) is 4.90 Å². The number of halogens is 2. The molecule has 1 rings (SSSR count). The molecule has 0 bridgehead atoms. The average molecular weight is 290 g/mol. The number of alkyl halides is 2. The number of carbonyl (C=O) groups excluding carboxylic acids is 1. The molecule has 0 saturated heterocycles. The van der Waals surface area contributed by atoms with Gasteiger partial charge in [-0.2, -0.15) is 8.78 Å². The third-order valence-corrected chi connectivity index (χ3v) is 3.19. The summed E-state index contributed by atoms with van der Waals surface area (Å²) >= 11 is 0.372. The van der Waals surface area contributed by atoms with Gasteiger partial charge in [-0.05, 0) is 18.6 Å². The Labute approximate surface area is 114 Å². The highest BCUT2D eigenvalue weighted by Crippen LogP contribution is 2.31. The summed E-state index contributed by atoms with van der Waals surface area (Å²) in [6.45, 7) is 1.65. The lowest BCUT2D eigenvalue weighted by Gasteiger charge is -2.16. The zero-order valence-electron chi connectivity index (χ0n) is 10.4. The van der Waals surface area contributed by atoms with Crippen LogP contribution in [0.2, 0.25) is 0 Å². The van der Waals surface area contributed by atoms with E-state index in [9.17, 15) is 13.6 Å². The molecule has 0 aliphatic carbocycles. The largest absolute Gasteiger partial charge is 0.394 e. The molecule has 106 valence electrons. The van der Waals surface area contributed by atoms with Crippen molar-refractivity contribution in [2.24, 2.45) is 0 Å². The molecule has 3 N–H and O–H groups in total. The average Bonchev–Trinajstić information content (AvgIpc) is 2.37. The Morgan fingerprint density at radius 2 is 2.11 bits per heavy atom. The number of rotatable bonds is 6. The Kier molecular flexibility index (Phi) is 6.58. The summed E-state index contributed by atoms with van der Waals surface area (Å²) in [5, 5.41) is 14.0. The minimum Gasteiger partial charge on any atom is -0.394 e. The van der Waals surface area contributed by atoms with E-state index in [1.54, 1.807) is 18.2 Å².